The van der Waals surface area contributed by atoms with Crippen LogP contribution in [-0.2, 0) is 0 Å². The smallest absolute Gasteiger partial charge is 0.0301 e. The second kappa shape index (κ2) is 6.60. The number of hydrogen-bond donors (Lipinski definition) is 2. The molecule has 3 heteroatoms. The largest absolute Gasteiger partial charge is 0.317 e. The Kier molecular flexibility index (Phi) is 5.10. The average Bonchev–Trinajstić information content (AvgIpc) is 2.38. The van der Waals surface area contributed by atoms with Crippen molar-refractivity contribution >= 4 is 11.8 Å². The minimum atomic E-state index is 0.305. The summed E-state index contributed by atoms with van der Waals surface area (Å²) >= 11 is 1.98. The summed E-state index contributed by atoms with van der Waals surface area (Å²) < 4.78 is 0. The van der Waals surface area contributed by atoms with Crippen LogP contribution < -0.4 is 10.6 Å². The van der Waals surface area contributed by atoms with Crippen LogP contribution in [0.15, 0.2) is 35.2 Å². The van der Waals surface area contributed by atoms with Gasteiger partial charge in [-0.15, -0.1) is 11.8 Å². The van der Waals surface area contributed by atoms with Crippen LogP contribution in [0.5, 0.6) is 0 Å². The lowest BCUT2D eigenvalue weighted by atomic mass is 9.89. The molecule has 2 N–H and O–H groups in total. The number of benzene rings is 1. The van der Waals surface area contributed by atoms with Gasteiger partial charge in [0, 0.05) is 22.2 Å². The van der Waals surface area contributed by atoms with E-state index in [4.69, 9.17) is 0 Å². The van der Waals surface area contributed by atoms with Gasteiger partial charge < -0.3 is 10.6 Å². The molecule has 0 saturated carbocycles. The van der Waals surface area contributed by atoms with E-state index in [-0.39, 0.29) is 0 Å². The van der Waals surface area contributed by atoms with E-state index in [2.05, 4.69) is 54.8 Å². The van der Waals surface area contributed by atoms with Gasteiger partial charge in [0.1, 0.15) is 0 Å². The summed E-state index contributed by atoms with van der Waals surface area (Å²) in [6.07, 6.45) is 2.45. The van der Waals surface area contributed by atoms with Crippen LogP contribution in [-0.4, -0.2) is 30.4 Å². The van der Waals surface area contributed by atoms with E-state index in [0.29, 0.717) is 11.6 Å². The number of piperidine rings is 1. The molecule has 1 saturated heterocycles. The highest BCUT2D eigenvalue weighted by molar-refractivity contribution is 7.99. The Morgan fingerprint density at radius 3 is 2.50 bits per heavy atom. The summed E-state index contributed by atoms with van der Waals surface area (Å²) in [6.45, 7) is 6.76. The van der Waals surface area contributed by atoms with Crippen LogP contribution in [0.1, 0.15) is 26.7 Å². The highest BCUT2D eigenvalue weighted by atomic mass is 32.2. The first kappa shape index (κ1) is 13.9. The lowest BCUT2D eigenvalue weighted by Gasteiger charge is -2.40. The quantitative estimate of drug-likeness (QED) is 0.800. The molecule has 0 spiro atoms. The highest BCUT2D eigenvalue weighted by Crippen LogP contribution is 2.28. The molecule has 1 aromatic carbocycles. The zero-order chi connectivity index (χ0) is 12.8. The van der Waals surface area contributed by atoms with Gasteiger partial charge in [0.2, 0.25) is 0 Å². The lowest BCUT2D eigenvalue weighted by molar-refractivity contribution is 0.255. The molecule has 1 aliphatic rings. The van der Waals surface area contributed by atoms with Crippen molar-refractivity contribution in [2.75, 3.05) is 18.8 Å². The summed E-state index contributed by atoms with van der Waals surface area (Å²) in [6, 6.07) is 11.3. The van der Waals surface area contributed by atoms with Crippen molar-refractivity contribution in [3.05, 3.63) is 30.3 Å². The molecule has 1 heterocycles. The van der Waals surface area contributed by atoms with Crippen LogP contribution in [0.25, 0.3) is 0 Å². The van der Waals surface area contributed by atoms with Gasteiger partial charge in [0.15, 0.2) is 0 Å². The SMILES string of the molecule is CC(C)NC1(CSc2ccccc2)CCNCC1. The van der Waals surface area contributed by atoms with Gasteiger partial charge in [0.05, 0.1) is 0 Å². The monoisotopic (exact) mass is 264 g/mol. The maximum atomic E-state index is 3.80. The average molecular weight is 264 g/mol. The van der Waals surface area contributed by atoms with Crippen LogP contribution in [0, 0.1) is 0 Å². The van der Waals surface area contributed by atoms with Gasteiger partial charge in [0.25, 0.3) is 0 Å². The molecule has 0 aromatic heterocycles. The highest BCUT2D eigenvalue weighted by Gasteiger charge is 2.32. The van der Waals surface area contributed by atoms with Crippen molar-refractivity contribution in [1.29, 1.82) is 0 Å². The lowest BCUT2D eigenvalue weighted by Crippen LogP contribution is -2.56. The molecular weight excluding hydrogens is 240 g/mol. The van der Waals surface area contributed by atoms with E-state index in [1.165, 1.54) is 17.7 Å². The number of thioether (sulfide) groups is 1. The Morgan fingerprint density at radius 1 is 1.22 bits per heavy atom. The van der Waals surface area contributed by atoms with Crippen LogP contribution >= 0.6 is 11.8 Å². The molecule has 2 rings (SSSR count). The first-order chi connectivity index (χ1) is 8.70. The molecule has 0 amide bonds. The fourth-order valence-electron chi connectivity index (χ4n) is 2.59. The molecule has 2 nitrogen and oxygen atoms in total. The Balaban J connectivity index is 1.96. The zero-order valence-corrected chi connectivity index (χ0v) is 12.2. The van der Waals surface area contributed by atoms with Crippen molar-refractivity contribution in [3.8, 4) is 0 Å². The molecule has 0 atom stereocenters. The molecule has 1 fully saturated rings. The van der Waals surface area contributed by atoms with E-state index in [1.54, 1.807) is 0 Å². The van der Waals surface area contributed by atoms with E-state index >= 15 is 0 Å². The van der Waals surface area contributed by atoms with Crippen LogP contribution in [0.2, 0.25) is 0 Å². The van der Waals surface area contributed by atoms with Gasteiger partial charge >= 0.3 is 0 Å². The van der Waals surface area contributed by atoms with Gasteiger partial charge in [-0.2, -0.15) is 0 Å². The normalized spacial score (nSPS) is 19.1. The van der Waals surface area contributed by atoms with Crippen LogP contribution in [0.3, 0.4) is 0 Å². The fraction of sp³-hybridized carbons (Fsp3) is 0.600. The summed E-state index contributed by atoms with van der Waals surface area (Å²) in [4.78, 5) is 1.38. The second-order valence-corrected chi connectivity index (χ2v) is 6.48. The Hall–Kier alpha value is -0.510. The molecule has 1 aliphatic heterocycles. The van der Waals surface area contributed by atoms with Gasteiger partial charge in [-0.3, -0.25) is 0 Å². The fourth-order valence-corrected chi connectivity index (χ4v) is 3.75. The molecule has 0 bridgehead atoms. The summed E-state index contributed by atoms with van der Waals surface area (Å²) in [5, 5.41) is 7.27. The minimum Gasteiger partial charge on any atom is -0.317 e. The molecule has 100 valence electrons. The predicted molar refractivity (Wildman–Crippen MR) is 80.3 cm³/mol. The van der Waals surface area contributed by atoms with Crippen molar-refractivity contribution < 1.29 is 0 Å². The summed E-state index contributed by atoms with van der Waals surface area (Å²) in [7, 11) is 0. The third kappa shape index (κ3) is 4.01. The Morgan fingerprint density at radius 2 is 1.89 bits per heavy atom. The number of nitrogens with one attached hydrogen (secondary N) is 2. The molecule has 0 aliphatic carbocycles. The van der Waals surface area contributed by atoms with Crippen molar-refractivity contribution in [2.45, 2.75) is 43.2 Å². The van der Waals surface area contributed by atoms with Crippen molar-refractivity contribution in [1.82, 2.24) is 10.6 Å². The van der Waals surface area contributed by atoms with Gasteiger partial charge in [-0.25, -0.2) is 0 Å². The predicted octanol–water partition coefficient (Wildman–Crippen LogP) is 2.90. The van der Waals surface area contributed by atoms with Crippen molar-refractivity contribution in [2.24, 2.45) is 0 Å². The molecule has 1 aromatic rings. The van der Waals surface area contributed by atoms with E-state index in [1.807, 2.05) is 11.8 Å². The molecular formula is C15H24N2S. The van der Waals surface area contributed by atoms with Gasteiger partial charge in [-0.05, 0) is 38.1 Å². The van der Waals surface area contributed by atoms with E-state index in [0.717, 1.165) is 18.8 Å². The van der Waals surface area contributed by atoms with Crippen LogP contribution in [0.4, 0.5) is 0 Å². The maximum Gasteiger partial charge on any atom is 0.0301 e. The topological polar surface area (TPSA) is 24.1 Å². The standard InChI is InChI=1S/C15H24N2S/c1-13(2)17-15(8-10-16-11-9-15)12-18-14-6-4-3-5-7-14/h3-7,13,16-17H,8-12H2,1-2H3. The van der Waals surface area contributed by atoms with Gasteiger partial charge in [-0.1, -0.05) is 32.0 Å². The first-order valence-electron chi connectivity index (χ1n) is 6.86. The Labute approximate surface area is 115 Å². The number of hydrogen-bond acceptors (Lipinski definition) is 3. The Bertz CT molecular complexity index is 345. The summed E-state index contributed by atoms with van der Waals surface area (Å²) in [5.74, 6) is 1.16. The third-order valence-electron chi connectivity index (χ3n) is 3.41. The molecule has 18 heavy (non-hydrogen) atoms. The zero-order valence-electron chi connectivity index (χ0n) is 11.4. The minimum absolute atomic E-state index is 0.305. The first-order valence-corrected chi connectivity index (χ1v) is 7.85. The maximum absolute atomic E-state index is 3.80. The summed E-state index contributed by atoms with van der Waals surface area (Å²) in [5.41, 5.74) is 0.305. The van der Waals surface area contributed by atoms with E-state index < -0.39 is 0 Å². The molecule has 0 unspecified atom stereocenters. The third-order valence-corrected chi connectivity index (χ3v) is 4.72. The molecule has 0 radical (unpaired) electrons. The second-order valence-electron chi connectivity index (χ2n) is 5.43. The van der Waals surface area contributed by atoms with E-state index in [9.17, 15) is 0 Å². The van der Waals surface area contributed by atoms with Crippen molar-refractivity contribution in [3.63, 3.8) is 0 Å². The number of rotatable bonds is 5.